The number of ether oxygens (including phenoxy) is 2. The minimum atomic E-state index is -4.13. The van der Waals surface area contributed by atoms with Gasteiger partial charge in [0.2, 0.25) is 11.8 Å². The van der Waals surface area contributed by atoms with E-state index in [0.29, 0.717) is 17.1 Å². The van der Waals surface area contributed by atoms with E-state index < -0.39 is 22.5 Å². The number of carbonyl (C=O) groups is 2. The van der Waals surface area contributed by atoms with Gasteiger partial charge in [-0.25, -0.2) is 8.42 Å². The first-order chi connectivity index (χ1) is 16.6. The summed E-state index contributed by atoms with van der Waals surface area (Å²) in [5, 5.41) is 5.33. The molecule has 3 aromatic rings. The molecule has 2 N–H and O–H groups in total. The van der Waals surface area contributed by atoms with Gasteiger partial charge in [0.1, 0.15) is 18.0 Å². The van der Waals surface area contributed by atoms with Gasteiger partial charge < -0.3 is 20.1 Å². The molecule has 0 bridgehead atoms. The number of hydrogen-bond donors (Lipinski definition) is 2. The van der Waals surface area contributed by atoms with E-state index in [0.717, 1.165) is 9.87 Å². The van der Waals surface area contributed by atoms with Gasteiger partial charge in [-0.1, -0.05) is 17.7 Å². The molecule has 0 saturated heterocycles. The summed E-state index contributed by atoms with van der Waals surface area (Å²) in [5.74, 6) is -0.0764. The second-order valence-corrected chi connectivity index (χ2v) is 9.53. The van der Waals surface area contributed by atoms with Crippen LogP contribution in [0, 0.1) is 6.92 Å². The standard InChI is InChI=1S/C25H27N3O6S/c1-17-5-12-22(13-6-17)35(31,32)28(23-14-11-21(33-3)15-24(23)34-4)16-25(30)27-20-9-7-19(8-10-20)26-18(2)29/h5-15H,16H2,1-4H3,(H,26,29)(H,27,30). The molecule has 3 rings (SSSR count). The molecule has 10 heteroatoms. The zero-order chi connectivity index (χ0) is 25.6. The molecule has 9 nitrogen and oxygen atoms in total. The van der Waals surface area contributed by atoms with Crippen LogP contribution in [-0.4, -0.2) is 41.0 Å². The van der Waals surface area contributed by atoms with Crippen LogP contribution < -0.4 is 24.4 Å². The van der Waals surface area contributed by atoms with Crippen molar-refractivity contribution >= 4 is 38.9 Å². The van der Waals surface area contributed by atoms with Crippen LogP contribution >= 0.6 is 0 Å². The Bertz CT molecular complexity index is 1310. The number of rotatable bonds is 9. The highest BCUT2D eigenvalue weighted by Gasteiger charge is 2.29. The molecular formula is C25H27N3O6S. The summed E-state index contributed by atoms with van der Waals surface area (Å²) in [6.45, 7) is 2.74. The van der Waals surface area contributed by atoms with E-state index in [-0.39, 0.29) is 22.2 Å². The largest absolute Gasteiger partial charge is 0.497 e. The van der Waals surface area contributed by atoms with E-state index in [1.54, 1.807) is 48.5 Å². The van der Waals surface area contributed by atoms with Crippen molar-refractivity contribution in [3.05, 3.63) is 72.3 Å². The maximum atomic E-state index is 13.6. The fourth-order valence-corrected chi connectivity index (χ4v) is 4.73. The van der Waals surface area contributed by atoms with Crippen molar-refractivity contribution in [2.75, 3.05) is 35.7 Å². The zero-order valence-corrected chi connectivity index (χ0v) is 20.7. The van der Waals surface area contributed by atoms with Crippen LogP contribution in [-0.2, 0) is 19.6 Å². The van der Waals surface area contributed by atoms with Gasteiger partial charge in [0, 0.05) is 24.4 Å². The Labute approximate surface area is 204 Å². The quantitative estimate of drug-likeness (QED) is 0.465. The predicted molar refractivity (Wildman–Crippen MR) is 135 cm³/mol. The average molecular weight is 498 g/mol. The van der Waals surface area contributed by atoms with Crippen LogP contribution in [0.1, 0.15) is 12.5 Å². The monoisotopic (exact) mass is 497 g/mol. The lowest BCUT2D eigenvalue weighted by molar-refractivity contribution is -0.115. The minimum absolute atomic E-state index is 0.0356. The Hall–Kier alpha value is -4.05. The fraction of sp³-hybridized carbons (Fsp3) is 0.200. The molecule has 0 fully saturated rings. The number of benzene rings is 3. The number of sulfonamides is 1. The summed E-state index contributed by atoms with van der Waals surface area (Å²) < 4.78 is 38.9. The number of hydrogen-bond acceptors (Lipinski definition) is 6. The van der Waals surface area contributed by atoms with Crippen molar-refractivity contribution in [2.45, 2.75) is 18.7 Å². The Kier molecular flexibility index (Phi) is 7.98. The second-order valence-electron chi connectivity index (χ2n) is 7.67. The Morgan fingerprint density at radius 3 is 2.00 bits per heavy atom. The van der Waals surface area contributed by atoms with E-state index in [1.807, 2.05) is 6.92 Å². The lowest BCUT2D eigenvalue weighted by Crippen LogP contribution is -2.38. The molecule has 2 amide bonds. The topological polar surface area (TPSA) is 114 Å². The van der Waals surface area contributed by atoms with Crippen molar-refractivity contribution in [1.29, 1.82) is 0 Å². The van der Waals surface area contributed by atoms with E-state index in [2.05, 4.69) is 10.6 Å². The van der Waals surface area contributed by atoms with E-state index >= 15 is 0 Å². The summed E-state index contributed by atoms with van der Waals surface area (Å²) in [5.41, 5.74) is 2.10. The Morgan fingerprint density at radius 1 is 0.857 bits per heavy atom. The molecule has 0 aliphatic carbocycles. The molecule has 0 aliphatic heterocycles. The van der Waals surface area contributed by atoms with E-state index in [4.69, 9.17) is 9.47 Å². The first-order valence-corrected chi connectivity index (χ1v) is 12.1. The number of nitrogens with one attached hydrogen (secondary N) is 2. The molecular weight excluding hydrogens is 470 g/mol. The summed E-state index contributed by atoms with van der Waals surface area (Å²) >= 11 is 0. The number of amides is 2. The van der Waals surface area contributed by atoms with Gasteiger partial charge in [-0.15, -0.1) is 0 Å². The Morgan fingerprint density at radius 2 is 1.46 bits per heavy atom. The minimum Gasteiger partial charge on any atom is -0.497 e. The number of aryl methyl sites for hydroxylation is 1. The molecule has 0 saturated carbocycles. The second kappa shape index (κ2) is 10.9. The van der Waals surface area contributed by atoms with Gasteiger partial charge in [0.15, 0.2) is 0 Å². The number of carbonyl (C=O) groups excluding carboxylic acids is 2. The van der Waals surface area contributed by atoms with Crippen LogP contribution in [0.2, 0.25) is 0 Å². The molecule has 0 aliphatic rings. The van der Waals surface area contributed by atoms with Crippen LogP contribution in [0.25, 0.3) is 0 Å². The zero-order valence-electron chi connectivity index (χ0n) is 19.9. The molecule has 184 valence electrons. The molecule has 0 aromatic heterocycles. The Balaban J connectivity index is 1.95. The maximum absolute atomic E-state index is 13.6. The third-order valence-corrected chi connectivity index (χ3v) is 6.81. The lowest BCUT2D eigenvalue weighted by Gasteiger charge is -2.26. The molecule has 0 unspecified atom stereocenters. The van der Waals surface area contributed by atoms with Gasteiger partial charge in [-0.05, 0) is 55.5 Å². The van der Waals surface area contributed by atoms with Crippen LogP contribution in [0.4, 0.5) is 17.1 Å². The van der Waals surface area contributed by atoms with Crippen molar-refractivity contribution in [1.82, 2.24) is 0 Å². The summed E-state index contributed by atoms with van der Waals surface area (Å²) in [7, 11) is -1.23. The highest BCUT2D eigenvalue weighted by atomic mass is 32.2. The highest BCUT2D eigenvalue weighted by molar-refractivity contribution is 7.92. The fourth-order valence-electron chi connectivity index (χ4n) is 3.30. The average Bonchev–Trinajstić information content (AvgIpc) is 2.83. The first-order valence-electron chi connectivity index (χ1n) is 10.6. The van der Waals surface area contributed by atoms with Gasteiger partial charge >= 0.3 is 0 Å². The third kappa shape index (κ3) is 6.30. The summed E-state index contributed by atoms with van der Waals surface area (Å²) in [6, 6.07) is 17.5. The SMILES string of the molecule is COc1ccc(N(CC(=O)Nc2ccc(NC(C)=O)cc2)S(=O)(=O)c2ccc(C)cc2)c(OC)c1. The lowest BCUT2D eigenvalue weighted by atomic mass is 10.2. The van der Waals surface area contributed by atoms with Gasteiger partial charge in [0.05, 0.1) is 24.8 Å². The molecule has 0 heterocycles. The van der Waals surface area contributed by atoms with Crippen molar-refractivity contribution < 1.29 is 27.5 Å². The first kappa shape index (κ1) is 25.6. The third-order valence-electron chi connectivity index (χ3n) is 5.04. The van der Waals surface area contributed by atoms with E-state index in [1.165, 1.54) is 39.3 Å². The highest BCUT2D eigenvalue weighted by Crippen LogP contribution is 2.35. The van der Waals surface area contributed by atoms with Crippen LogP contribution in [0.5, 0.6) is 11.5 Å². The normalized spacial score (nSPS) is 10.9. The van der Waals surface area contributed by atoms with Crippen molar-refractivity contribution in [3.63, 3.8) is 0 Å². The molecule has 35 heavy (non-hydrogen) atoms. The van der Waals surface area contributed by atoms with Gasteiger partial charge in [0.25, 0.3) is 10.0 Å². The van der Waals surface area contributed by atoms with Gasteiger partial charge in [-0.2, -0.15) is 0 Å². The molecule has 3 aromatic carbocycles. The number of nitrogens with zero attached hydrogens (tertiary/aromatic N) is 1. The summed E-state index contributed by atoms with van der Waals surface area (Å²) in [4.78, 5) is 24.2. The van der Waals surface area contributed by atoms with E-state index in [9.17, 15) is 18.0 Å². The van der Waals surface area contributed by atoms with Crippen molar-refractivity contribution in [3.8, 4) is 11.5 Å². The smallest absolute Gasteiger partial charge is 0.264 e. The number of methoxy groups -OCH3 is 2. The van der Waals surface area contributed by atoms with Gasteiger partial charge in [-0.3, -0.25) is 13.9 Å². The predicted octanol–water partition coefficient (Wildman–Crippen LogP) is 3.80. The molecule has 0 spiro atoms. The van der Waals surface area contributed by atoms with Crippen molar-refractivity contribution in [2.24, 2.45) is 0 Å². The number of anilines is 3. The van der Waals surface area contributed by atoms with Crippen LogP contribution in [0.3, 0.4) is 0 Å². The molecule has 0 atom stereocenters. The van der Waals surface area contributed by atoms with Crippen LogP contribution in [0.15, 0.2) is 71.6 Å². The molecule has 0 radical (unpaired) electrons. The maximum Gasteiger partial charge on any atom is 0.264 e. The summed E-state index contributed by atoms with van der Waals surface area (Å²) in [6.07, 6.45) is 0.